The first-order chi connectivity index (χ1) is 10.3. The first-order valence-corrected chi connectivity index (χ1v) is 8.85. The molecule has 1 aliphatic heterocycles. The molecule has 0 radical (unpaired) electrons. The van der Waals surface area contributed by atoms with Crippen LogP contribution in [0.2, 0.25) is 0 Å². The van der Waals surface area contributed by atoms with Crippen LogP contribution in [-0.4, -0.2) is 30.6 Å². The Balaban J connectivity index is 1.74. The van der Waals surface area contributed by atoms with Crippen LogP contribution in [0.1, 0.15) is 56.1 Å². The smallest absolute Gasteiger partial charge is 0.0246 e. The summed E-state index contributed by atoms with van der Waals surface area (Å²) in [6.07, 6.45) is 7.96. The van der Waals surface area contributed by atoms with E-state index in [0.29, 0.717) is 6.04 Å². The van der Waals surface area contributed by atoms with E-state index < -0.39 is 0 Å². The average molecular weight is 286 g/mol. The standard InChI is InChI=1S/C19H30N2/c1-2-15-10-6-12-21(19(15)13-20)14-17-9-5-8-16-7-3-4-11-18(16)17/h3-4,7,11,15,17,19H,2,5-6,8-10,12-14,20H2,1H3. The maximum absolute atomic E-state index is 6.12. The third kappa shape index (κ3) is 3.17. The number of hydrogen-bond donors (Lipinski definition) is 1. The molecular formula is C19H30N2. The Morgan fingerprint density at radius 1 is 1.19 bits per heavy atom. The second-order valence-electron chi connectivity index (χ2n) is 6.90. The number of likely N-dealkylation sites (tertiary alicyclic amines) is 1. The van der Waals surface area contributed by atoms with Crippen molar-refractivity contribution in [2.75, 3.05) is 19.6 Å². The molecule has 1 aromatic carbocycles. The summed E-state index contributed by atoms with van der Waals surface area (Å²) in [4.78, 5) is 2.71. The predicted octanol–water partition coefficient (Wildman–Crippen LogP) is 3.56. The quantitative estimate of drug-likeness (QED) is 0.917. The molecule has 1 aliphatic carbocycles. The van der Waals surface area contributed by atoms with Crippen molar-refractivity contribution in [1.29, 1.82) is 0 Å². The molecule has 2 aliphatic rings. The van der Waals surface area contributed by atoms with E-state index in [-0.39, 0.29) is 0 Å². The van der Waals surface area contributed by atoms with Crippen LogP contribution in [0.3, 0.4) is 0 Å². The highest BCUT2D eigenvalue weighted by atomic mass is 15.2. The lowest BCUT2D eigenvalue weighted by molar-refractivity contribution is 0.0867. The van der Waals surface area contributed by atoms with Crippen LogP contribution in [0.25, 0.3) is 0 Å². The monoisotopic (exact) mass is 286 g/mol. The molecule has 0 amide bonds. The molecule has 2 heteroatoms. The van der Waals surface area contributed by atoms with Crippen LogP contribution in [0.4, 0.5) is 0 Å². The molecule has 2 N–H and O–H groups in total. The normalized spacial score (nSPS) is 30.1. The number of nitrogens with zero attached hydrogens (tertiary/aromatic N) is 1. The number of fused-ring (bicyclic) bond motifs is 1. The number of hydrogen-bond acceptors (Lipinski definition) is 2. The molecule has 0 saturated carbocycles. The van der Waals surface area contributed by atoms with Crippen LogP contribution in [0.15, 0.2) is 24.3 Å². The molecule has 0 spiro atoms. The molecule has 0 bridgehead atoms. The summed E-state index contributed by atoms with van der Waals surface area (Å²) in [6, 6.07) is 9.70. The van der Waals surface area contributed by atoms with Gasteiger partial charge in [0, 0.05) is 19.1 Å². The van der Waals surface area contributed by atoms with Gasteiger partial charge in [0.05, 0.1) is 0 Å². The average Bonchev–Trinajstić information content (AvgIpc) is 2.55. The molecule has 116 valence electrons. The summed E-state index contributed by atoms with van der Waals surface area (Å²) in [5.41, 5.74) is 9.31. The number of piperidine rings is 1. The Morgan fingerprint density at radius 2 is 2.05 bits per heavy atom. The van der Waals surface area contributed by atoms with Crippen molar-refractivity contribution in [2.24, 2.45) is 11.7 Å². The lowest BCUT2D eigenvalue weighted by Gasteiger charge is -2.43. The largest absolute Gasteiger partial charge is 0.329 e. The topological polar surface area (TPSA) is 29.3 Å². The Bertz CT molecular complexity index is 457. The van der Waals surface area contributed by atoms with Crippen molar-refractivity contribution in [1.82, 2.24) is 4.90 Å². The summed E-state index contributed by atoms with van der Waals surface area (Å²) in [5, 5.41) is 0. The fourth-order valence-electron chi connectivity index (χ4n) is 4.58. The van der Waals surface area contributed by atoms with Crippen molar-refractivity contribution >= 4 is 0 Å². The van der Waals surface area contributed by atoms with E-state index >= 15 is 0 Å². The van der Waals surface area contributed by atoms with E-state index in [1.165, 1.54) is 51.6 Å². The number of rotatable bonds is 4. The fraction of sp³-hybridized carbons (Fsp3) is 0.684. The summed E-state index contributed by atoms with van der Waals surface area (Å²) in [7, 11) is 0. The second-order valence-corrected chi connectivity index (χ2v) is 6.90. The second kappa shape index (κ2) is 6.93. The minimum absolute atomic E-state index is 0.609. The van der Waals surface area contributed by atoms with Gasteiger partial charge in [0.15, 0.2) is 0 Å². The van der Waals surface area contributed by atoms with Gasteiger partial charge in [-0.15, -0.1) is 0 Å². The van der Waals surface area contributed by atoms with E-state index in [0.717, 1.165) is 18.4 Å². The minimum atomic E-state index is 0.609. The summed E-state index contributed by atoms with van der Waals surface area (Å²) in [6.45, 7) is 5.62. The van der Waals surface area contributed by atoms with Crippen molar-refractivity contribution in [3.8, 4) is 0 Å². The zero-order valence-electron chi connectivity index (χ0n) is 13.4. The van der Waals surface area contributed by atoms with E-state index in [9.17, 15) is 0 Å². The third-order valence-corrected chi connectivity index (χ3v) is 5.75. The zero-order chi connectivity index (χ0) is 14.7. The van der Waals surface area contributed by atoms with Gasteiger partial charge in [0.25, 0.3) is 0 Å². The molecular weight excluding hydrogens is 256 g/mol. The molecule has 3 unspecified atom stereocenters. The van der Waals surface area contributed by atoms with Gasteiger partial charge >= 0.3 is 0 Å². The zero-order valence-corrected chi connectivity index (χ0v) is 13.4. The third-order valence-electron chi connectivity index (χ3n) is 5.75. The van der Waals surface area contributed by atoms with Gasteiger partial charge in [-0.05, 0) is 61.6 Å². The van der Waals surface area contributed by atoms with Crippen molar-refractivity contribution in [3.05, 3.63) is 35.4 Å². The lowest BCUT2D eigenvalue weighted by atomic mass is 9.81. The molecule has 3 atom stereocenters. The molecule has 0 aromatic heterocycles. The summed E-state index contributed by atoms with van der Waals surface area (Å²) >= 11 is 0. The van der Waals surface area contributed by atoms with Crippen LogP contribution in [0, 0.1) is 5.92 Å². The Hall–Kier alpha value is -0.860. The van der Waals surface area contributed by atoms with Gasteiger partial charge < -0.3 is 5.73 Å². The van der Waals surface area contributed by atoms with Crippen molar-refractivity contribution < 1.29 is 0 Å². The minimum Gasteiger partial charge on any atom is -0.329 e. The van der Waals surface area contributed by atoms with E-state index in [2.05, 4.69) is 36.1 Å². The highest BCUT2D eigenvalue weighted by Gasteiger charge is 2.31. The van der Waals surface area contributed by atoms with Gasteiger partial charge in [-0.2, -0.15) is 0 Å². The van der Waals surface area contributed by atoms with Crippen LogP contribution in [0.5, 0.6) is 0 Å². The Kier molecular flexibility index (Phi) is 4.97. The first kappa shape index (κ1) is 15.1. The van der Waals surface area contributed by atoms with E-state index in [1.54, 1.807) is 11.1 Å². The van der Waals surface area contributed by atoms with Gasteiger partial charge in [-0.25, -0.2) is 0 Å². The maximum Gasteiger partial charge on any atom is 0.0246 e. The maximum atomic E-state index is 6.12. The van der Waals surface area contributed by atoms with Crippen LogP contribution in [-0.2, 0) is 6.42 Å². The Labute approximate surface area is 129 Å². The number of nitrogens with two attached hydrogens (primary N) is 1. The van der Waals surface area contributed by atoms with Gasteiger partial charge in [0.2, 0.25) is 0 Å². The summed E-state index contributed by atoms with van der Waals surface area (Å²) < 4.78 is 0. The fourth-order valence-corrected chi connectivity index (χ4v) is 4.58. The predicted molar refractivity (Wildman–Crippen MR) is 89.6 cm³/mol. The van der Waals surface area contributed by atoms with E-state index in [1.807, 2.05) is 0 Å². The van der Waals surface area contributed by atoms with Gasteiger partial charge in [-0.3, -0.25) is 4.90 Å². The van der Waals surface area contributed by atoms with E-state index in [4.69, 9.17) is 5.73 Å². The van der Waals surface area contributed by atoms with Crippen LogP contribution >= 0.6 is 0 Å². The number of benzene rings is 1. The van der Waals surface area contributed by atoms with Crippen molar-refractivity contribution in [2.45, 2.75) is 57.4 Å². The molecule has 21 heavy (non-hydrogen) atoms. The molecule has 1 heterocycles. The molecule has 3 rings (SSSR count). The van der Waals surface area contributed by atoms with Gasteiger partial charge in [0.1, 0.15) is 0 Å². The summed E-state index contributed by atoms with van der Waals surface area (Å²) in [5.74, 6) is 1.53. The highest BCUT2D eigenvalue weighted by molar-refractivity contribution is 5.32. The SMILES string of the molecule is CCC1CCCN(CC2CCCc3ccccc32)C1CN. The number of aryl methyl sites for hydroxylation is 1. The molecule has 1 saturated heterocycles. The Morgan fingerprint density at radius 3 is 2.86 bits per heavy atom. The first-order valence-electron chi connectivity index (χ1n) is 8.85. The highest BCUT2D eigenvalue weighted by Crippen LogP contribution is 2.34. The molecule has 2 nitrogen and oxygen atoms in total. The van der Waals surface area contributed by atoms with Gasteiger partial charge in [-0.1, -0.05) is 37.6 Å². The molecule has 1 aromatic rings. The van der Waals surface area contributed by atoms with Crippen LogP contribution < -0.4 is 5.73 Å². The molecule has 1 fully saturated rings. The lowest BCUT2D eigenvalue weighted by Crippen LogP contribution is -2.50. The van der Waals surface area contributed by atoms with Crippen molar-refractivity contribution in [3.63, 3.8) is 0 Å².